The molecule has 0 aromatic heterocycles. The molecule has 1 aromatic carbocycles. The van der Waals surface area contributed by atoms with Crippen LogP contribution in [0.1, 0.15) is 38.1 Å². The van der Waals surface area contributed by atoms with Gasteiger partial charge in [-0.3, -0.25) is 4.79 Å². The molecule has 0 saturated heterocycles. The van der Waals surface area contributed by atoms with Crippen molar-refractivity contribution in [1.29, 1.82) is 0 Å². The lowest BCUT2D eigenvalue weighted by Gasteiger charge is -2.18. The van der Waals surface area contributed by atoms with Crippen molar-refractivity contribution in [3.05, 3.63) is 27.7 Å². The Labute approximate surface area is 159 Å². The standard InChI is InChI=1S/C16H25Cl2N3O3S/c1-5-21(6-2)8-7-19-16(22)12-9-15(14(18)10-13(12)17)25(23,24)20-11(3)4/h9-11,20H,5-8H2,1-4H3,(H,19,22). The number of amides is 1. The fourth-order valence-corrected chi connectivity index (χ4v) is 4.36. The van der Waals surface area contributed by atoms with E-state index in [-0.39, 0.29) is 26.5 Å². The summed E-state index contributed by atoms with van der Waals surface area (Å²) in [5.74, 6) is -0.435. The number of sulfonamides is 1. The van der Waals surface area contributed by atoms with Gasteiger partial charge in [-0.05, 0) is 39.1 Å². The topological polar surface area (TPSA) is 78.5 Å². The van der Waals surface area contributed by atoms with Gasteiger partial charge in [0.15, 0.2) is 0 Å². The van der Waals surface area contributed by atoms with Crippen LogP contribution in [0.5, 0.6) is 0 Å². The number of nitrogens with one attached hydrogen (secondary N) is 2. The second-order valence-electron chi connectivity index (χ2n) is 5.82. The molecule has 0 atom stereocenters. The maximum atomic E-state index is 12.4. The van der Waals surface area contributed by atoms with Gasteiger partial charge in [-0.2, -0.15) is 0 Å². The summed E-state index contributed by atoms with van der Waals surface area (Å²) in [6, 6.07) is 2.18. The zero-order valence-electron chi connectivity index (χ0n) is 14.9. The van der Waals surface area contributed by atoms with Gasteiger partial charge in [-0.15, -0.1) is 0 Å². The number of likely N-dealkylation sites (N-methyl/N-ethyl adjacent to an activating group) is 1. The molecular formula is C16H25Cl2N3O3S. The molecule has 1 amide bonds. The predicted octanol–water partition coefficient (Wildman–Crippen LogP) is 2.75. The molecule has 142 valence electrons. The molecule has 25 heavy (non-hydrogen) atoms. The monoisotopic (exact) mass is 409 g/mol. The molecule has 0 aliphatic rings. The first kappa shape index (κ1) is 22.2. The molecule has 9 heteroatoms. The van der Waals surface area contributed by atoms with Crippen LogP contribution in [-0.2, 0) is 10.0 Å². The molecule has 0 spiro atoms. The van der Waals surface area contributed by atoms with E-state index >= 15 is 0 Å². The van der Waals surface area contributed by atoms with Crippen LogP contribution in [0.25, 0.3) is 0 Å². The lowest BCUT2D eigenvalue weighted by atomic mass is 10.2. The number of hydrogen-bond donors (Lipinski definition) is 2. The molecule has 1 rings (SSSR count). The van der Waals surface area contributed by atoms with Crippen molar-refractivity contribution in [2.75, 3.05) is 26.2 Å². The lowest BCUT2D eigenvalue weighted by molar-refractivity contribution is 0.0949. The number of rotatable bonds is 9. The number of carbonyl (C=O) groups is 1. The predicted molar refractivity (Wildman–Crippen MR) is 102 cm³/mol. The van der Waals surface area contributed by atoms with Crippen LogP contribution in [0.3, 0.4) is 0 Å². The lowest BCUT2D eigenvalue weighted by Crippen LogP contribution is -2.35. The Bertz CT molecular complexity index is 705. The molecule has 0 radical (unpaired) electrons. The van der Waals surface area contributed by atoms with Crippen molar-refractivity contribution in [2.24, 2.45) is 0 Å². The molecule has 6 nitrogen and oxygen atoms in total. The molecule has 2 N–H and O–H groups in total. The normalized spacial score (nSPS) is 12.0. The van der Waals surface area contributed by atoms with Gasteiger partial charge in [0, 0.05) is 19.1 Å². The average Bonchev–Trinajstić information content (AvgIpc) is 2.49. The van der Waals surface area contributed by atoms with Crippen molar-refractivity contribution in [1.82, 2.24) is 14.9 Å². The van der Waals surface area contributed by atoms with E-state index in [2.05, 4.69) is 14.9 Å². The number of nitrogens with zero attached hydrogens (tertiary/aromatic N) is 1. The highest BCUT2D eigenvalue weighted by Gasteiger charge is 2.23. The van der Waals surface area contributed by atoms with Gasteiger partial charge < -0.3 is 10.2 Å². The fraction of sp³-hybridized carbons (Fsp3) is 0.562. The molecule has 0 saturated carbocycles. The summed E-state index contributed by atoms with van der Waals surface area (Å²) < 4.78 is 27.1. The second-order valence-corrected chi connectivity index (χ2v) is 8.32. The van der Waals surface area contributed by atoms with Crippen LogP contribution in [0.15, 0.2) is 17.0 Å². The minimum Gasteiger partial charge on any atom is -0.351 e. The SMILES string of the molecule is CCN(CC)CCNC(=O)c1cc(S(=O)(=O)NC(C)C)c(Cl)cc1Cl. The summed E-state index contributed by atoms with van der Waals surface area (Å²) in [6.07, 6.45) is 0. The largest absolute Gasteiger partial charge is 0.351 e. The Kier molecular flexibility index (Phi) is 8.63. The number of hydrogen-bond acceptors (Lipinski definition) is 4. The second kappa shape index (κ2) is 9.73. The summed E-state index contributed by atoms with van der Waals surface area (Å²) in [5, 5.41) is 2.83. The smallest absolute Gasteiger partial charge is 0.252 e. The van der Waals surface area contributed by atoms with E-state index in [1.54, 1.807) is 13.8 Å². The van der Waals surface area contributed by atoms with E-state index in [0.717, 1.165) is 13.1 Å². The summed E-state index contributed by atoms with van der Waals surface area (Å²) >= 11 is 12.1. The average molecular weight is 410 g/mol. The van der Waals surface area contributed by atoms with Gasteiger partial charge in [0.1, 0.15) is 4.90 Å². The number of halogens is 2. The van der Waals surface area contributed by atoms with Crippen molar-refractivity contribution >= 4 is 39.1 Å². The van der Waals surface area contributed by atoms with Crippen LogP contribution in [0.4, 0.5) is 0 Å². The molecule has 0 aliphatic heterocycles. The molecule has 0 bridgehead atoms. The Morgan fingerprint density at radius 3 is 2.28 bits per heavy atom. The molecule has 0 unspecified atom stereocenters. The third kappa shape index (κ3) is 6.42. The number of benzene rings is 1. The van der Waals surface area contributed by atoms with Crippen LogP contribution in [0, 0.1) is 0 Å². The van der Waals surface area contributed by atoms with Crippen LogP contribution >= 0.6 is 23.2 Å². The van der Waals surface area contributed by atoms with Crippen molar-refractivity contribution < 1.29 is 13.2 Å². The van der Waals surface area contributed by atoms with Crippen molar-refractivity contribution in [2.45, 2.75) is 38.6 Å². The highest BCUT2D eigenvalue weighted by molar-refractivity contribution is 7.89. The molecule has 0 aliphatic carbocycles. The summed E-state index contributed by atoms with van der Waals surface area (Å²) in [7, 11) is -3.83. The van der Waals surface area contributed by atoms with E-state index in [9.17, 15) is 13.2 Å². The summed E-state index contributed by atoms with van der Waals surface area (Å²) in [4.78, 5) is 14.4. The first-order valence-electron chi connectivity index (χ1n) is 8.14. The minimum absolute atomic E-state index is 0.0298. The zero-order valence-corrected chi connectivity index (χ0v) is 17.2. The molecular weight excluding hydrogens is 385 g/mol. The third-order valence-electron chi connectivity index (χ3n) is 3.55. The van der Waals surface area contributed by atoms with E-state index < -0.39 is 15.9 Å². The van der Waals surface area contributed by atoms with E-state index in [1.165, 1.54) is 12.1 Å². The van der Waals surface area contributed by atoms with Gasteiger partial charge in [-0.1, -0.05) is 37.0 Å². The highest BCUT2D eigenvalue weighted by atomic mass is 35.5. The zero-order chi connectivity index (χ0) is 19.2. The molecule has 1 aromatic rings. The Hall–Kier alpha value is -0.860. The van der Waals surface area contributed by atoms with Gasteiger partial charge in [-0.25, -0.2) is 13.1 Å². The van der Waals surface area contributed by atoms with E-state index in [1.807, 2.05) is 13.8 Å². The quantitative estimate of drug-likeness (QED) is 0.656. The van der Waals surface area contributed by atoms with Gasteiger partial charge in [0.05, 0.1) is 15.6 Å². The molecule has 0 heterocycles. The maximum Gasteiger partial charge on any atom is 0.252 e. The van der Waals surface area contributed by atoms with Crippen molar-refractivity contribution in [3.8, 4) is 0 Å². The first-order chi connectivity index (χ1) is 11.6. The first-order valence-corrected chi connectivity index (χ1v) is 10.4. The van der Waals surface area contributed by atoms with Crippen LogP contribution in [-0.4, -0.2) is 51.4 Å². The van der Waals surface area contributed by atoms with Crippen LogP contribution in [0.2, 0.25) is 10.0 Å². The minimum atomic E-state index is -3.83. The summed E-state index contributed by atoms with van der Waals surface area (Å²) in [6.45, 7) is 10.4. The fourth-order valence-electron chi connectivity index (χ4n) is 2.25. The van der Waals surface area contributed by atoms with Gasteiger partial charge in [0.2, 0.25) is 10.0 Å². The number of carbonyl (C=O) groups excluding carboxylic acids is 1. The van der Waals surface area contributed by atoms with E-state index in [0.29, 0.717) is 13.1 Å². The van der Waals surface area contributed by atoms with Gasteiger partial charge in [0.25, 0.3) is 5.91 Å². The van der Waals surface area contributed by atoms with Crippen molar-refractivity contribution in [3.63, 3.8) is 0 Å². The highest BCUT2D eigenvalue weighted by Crippen LogP contribution is 2.28. The van der Waals surface area contributed by atoms with Crippen LogP contribution < -0.4 is 10.0 Å². The Morgan fingerprint density at radius 1 is 1.16 bits per heavy atom. The third-order valence-corrected chi connectivity index (χ3v) is 5.99. The van der Waals surface area contributed by atoms with E-state index in [4.69, 9.17) is 23.2 Å². The Balaban J connectivity index is 3.01. The summed E-state index contributed by atoms with van der Waals surface area (Å²) in [5.41, 5.74) is 0.0785. The maximum absolute atomic E-state index is 12.4. The van der Waals surface area contributed by atoms with Gasteiger partial charge >= 0.3 is 0 Å². The Morgan fingerprint density at radius 2 is 1.76 bits per heavy atom. The molecule has 0 fully saturated rings.